The average molecular weight is 563 g/mol. The first-order valence-corrected chi connectivity index (χ1v) is 12.6. The molecule has 3 rings (SSSR count). The summed E-state index contributed by atoms with van der Waals surface area (Å²) < 4.78 is 50.2. The number of carbonyl (C=O) groups is 1. The molecule has 188 valence electrons. The fourth-order valence-corrected chi connectivity index (χ4v) is 5.77. The van der Waals surface area contributed by atoms with Crippen molar-refractivity contribution < 1.29 is 101 Å². The summed E-state index contributed by atoms with van der Waals surface area (Å²) in [5.74, 6) is -1.19. The molecular weight excluding hydrogens is 546 g/mol. The maximum Gasteiger partial charge on any atom is 1.00 e. The second-order valence-corrected chi connectivity index (χ2v) is 10.6. The molecule has 0 aromatic rings. The van der Waals surface area contributed by atoms with Crippen molar-refractivity contribution in [3.05, 3.63) is 0 Å². The topological polar surface area (TPSA) is 327 Å². The Morgan fingerprint density at radius 3 is 2.32 bits per heavy atom. The standard InChI is InChI=1S/C10H16N5O14P3.Na.H2O/c11-10-13-7-4(8(18)14-10)12-2-15(7)9-6(17)5(16)3(27-9)1-26-31(22,23)29-32(24,25)28-30(19,20)21;;/h2-6,9,16-17H,1H2,(H,22,23)(H,24,25)(H2,11,14,18)(H2,19,20,21);;1H2/q;+1;/p-1/t3-,4?,5-,6-,9-;;/m1../s1. The number of aliphatic hydroxyl groups excluding tert-OH is 2. The number of nitrogens with two attached hydrogens (primary N) is 1. The molecule has 20 nitrogen and oxygen atoms in total. The number of phosphoric acid groups is 3. The summed E-state index contributed by atoms with van der Waals surface area (Å²) >= 11 is 0. The van der Waals surface area contributed by atoms with E-state index in [9.17, 15) is 38.5 Å². The molecule has 0 spiro atoms. The number of hydrogen-bond donors (Lipinski definition) is 6. The number of amides is 1. The third-order valence-electron chi connectivity index (χ3n) is 3.96. The number of rotatable bonds is 8. The van der Waals surface area contributed by atoms with Crippen LogP contribution in [0.2, 0.25) is 0 Å². The van der Waals surface area contributed by atoms with Crippen molar-refractivity contribution in [3.63, 3.8) is 0 Å². The molecule has 1 saturated heterocycles. The number of aliphatic hydroxyl groups is 2. The van der Waals surface area contributed by atoms with E-state index >= 15 is 0 Å². The van der Waals surface area contributed by atoms with Crippen LogP contribution in [0, 0.1) is 0 Å². The van der Waals surface area contributed by atoms with Gasteiger partial charge in [0, 0.05) is 0 Å². The second-order valence-electron chi connectivity index (χ2n) is 6.26. The second kappa shape index (κ2) is 11.3. The number of hydrogen-bond acceptors (Lipinski definition) is 15. The summed E-state index contributed by atoms with van der Waals surface area (Å²) in [5.41, 5.74) is 5.42. The number of aliphatic imine (C=N–C) groups is 3. The van der Waals surface area contributed by atoms with Crippen LogP contribution in [0.15, 0.2) is 15.0 Å². The van der Waals surface area contributed by atoms with E-state index in [4.69, 9.17) is 20.3 Å². The summed E-state index contributed by atoms with van der Waals surface area (Å²) in [6.07, 6.45) is -5.35. The zero-order valence-electron chi connectivity index (χ0n) is 16.8. The Labute approximate surface area is 211 Å². The van der Waals surface area contributed by atoms with Gasteiger partial charge in [-0.05, 0) is 0 Å². The Morgan fingerprint density at radius 1 is 1.12 bits per heavy atom. The summed E-state index contributed by atoms with van der Waals surface area (Å²) in [4.78, 5) is 61.4. The molecule has 0 radical (unpaired) electrons. The molecule has 3 aliphatic rings. The number of fused-ring (bicyclic) bond motifs is 1. The van der Waals surface area contributed by atoms with Gasteiger partial charge in [-0.25, -0.2) is 13.4 Å². The van der Waals surface area contributed by atoms with E-state index in [1.807, 2.05) is 0 Å². The number of nitrogens with zero attached hydrogens (tertiary/aromatic N) is 4. The number of guanidine groups is 1. The predicted molar refractivity (Wildman–Crippen MR) is 100 cm³/mol. The maximum atomic E-state index is 11.8. The third kappa shape index (κ3) is 7.52. The first-order valence-electron chi connectivity index (χ1n) is 8.15. The van der Waals surface area contributed by atoms with E-state index in [0.29, 0.717) is 0 Å². The first-order chi connectivity index (χ1) is 14.6. The minimum Gasteiger partial charge on any atom is -0.756 e. The Hall–Kier alpha value is -0.470. The van der Waals surface area contributed by atoms with Crippen molar-refractivity contribution in [2.45, 2.75) is 30.6 Å². The van der Waals surface area contributed by atoms with Gasteiger partial charge in [-0.15, -0.1) is 0 Å². The Morgan fingerprint density at radius 2 is 1.74 bits per heavy atom. The van der Waals surface area contributed by atoms with Crippen LogP contribution in [0.1, 0.15) is 0 Å². The summed E-state index contributed by atoms with van der Waals surface area (Å²) in [6, 6.07) is -1.15. The zero-order chi connectivity index (χ0) is 24.1. The molecule has 1 fully saturated rings. The fourth-order valence-electron chi connectivity index (χ4n) is 2.77. The summed E-state index contributed by atoms with van der Waals surface area (Å²) in [5, 5.41) is 20.4. The largest absolute Gasteiger partial charge is 1.00 e. The van der Waals surface area contributed by atoms with Crippen LogP contribution in [-0.4, -0.2) is 96.5 Å². The molecule has 0 aliphatic carbocycles. The molecule has 0 bridgehead atoms. The number of phosphoric ester groups is 1. The fraction of sp³-hybridized carbons (Fsp3) is 0.600. The third-order valence-corrected chi connectivity index (χ3v) is 7.74. The average Bonchev–Trinajstić information content (AvgIpc) is 3.12. The van der Waals surface area contributed by atoms with Gasteiger partial charge in [0.15, 0.2) is 18.1 Å². The van der Waals surface area contributed by atoms with Crippen LogP contribution in [0.4, 0.5) is 0 Å². The van der Waals surface area contributed by atoms with Crippen molar-refractivity contribution in [3.8, 4) is 0 Å². The van der Waals surface area contributed by atoms with Crippen LogP contribution in [0.5, 0.6) is 0 Å². The molecule has 9 N–H and O–H groups in total. The Balaban J connectivity index is 0.00000289. The van der Waals surface area contributed by atoms with E-state index in [1.54, 1.807) is 0 Å². The SMILES string of the molecule is NC1=NC(=O)C2N=CN([C@@H]3O[C@H](COP(=O)(O)OP(=O)(O)OP(=O)([O-])O)[C@@H](O)[C@H]3O)C2=N1.O.[Na+]. The van der Waals surface area contributed by atoms with Gasteiger partial charge < -0.3 is 45.7 Å². The van der Waals surface area contributed by atoms with Crippen LogP contribution >= 0.6 is 23.5 Å². The van der Waals surface area contributed by atoms with Crippen molar-refractivity contribution in [2.75, 3.05) is 6.61 Å². The van der Waals surface area contributed by atoms with Crippen molar-refractivity contribution >= 4 is 47.5 Å². The number of carbonyl (C=O) groups excluding carboxylic acids is 1. The molecular formula is C10H17N5NaO15P3. The van der Waals surface area contributed by atoms with E-state index in [1.165, 1.54) is 0 Å². The van der Waals surface area contributed by atoms with Gasteiger partial charge in [-0.2, -0.15) is 14.3 Å². The van der Waals surface area contributed by atoms with E-state index < -0.39 is 66.6 Å². The molecule has 0 aromatic carbocycles. The van der Waals surface area contributed by atoms with Gasteiger partial charge in [0.05, 0.1) is 12.9 Å². The van der Waals surface area contributed by atoms with Gasteiger partial charge in [0.2, 0.25) is 5.96 Å². The van der Waals surface area contributed by atoms with Gasteiger partial charge in [0.1, 0.15) is 18.3 Å². The van der Waals surface area contributed by atoms with Gasteiger partial charge in [-0.1, -0.05) is 0 Å². The van der Waals surface area contributed by atoms with E-state index in [2.05, 4.69) is 28.1 Å². The summed E-state index contributed by atoms with van der Waals surface area (Å²) in [7, 11) is -17.1. The van der Waals surface area contributed by atoms with Crippen LogP contribution in [-0.2, 0) is 36.4 Å². The van der Waals surface area contributed by atoms with Crippen LogP contribution in [0.25, 0.3) is 0 Å². The molecule has 4 unspecified atom stereocenters. The van der Waals surface area contributed by atoms with E-state index in [0.717, 1.165) is 11.2 Å². The summed E-state index contributed by atoms with van der Waals surface area (Å²) in [6.45, 7) is -1.03. The quantitative estimate of drug-likeness (QED) is 0.118. The first kappa shape index (κ1) is 31.6. The molecule has 8 atom stereocenters. The van der Waals surface area contributed by atoms with Crippen molar-refractivity contribution in [2.24, 2.45) is 20.7 Å². The van der Waals surface area contributed by atoms with Crippen molar-refractivity contribution in [1.29, 1.82) is 0 Å². The molecule has 34 heavy (non-hydrogen) atoms. The van der Waals surface area contributed by atoms with E-state index in [-0.39, 0.29) is 46.8 Å². The van der Waals surface area contributed by atoms with Crippen LogP contribution in [0.3, 0.4) is 0 Å². The number of amidine groups is 1. The molecule has 1 amide bonds. The molecule has 3 heterocycles. The van der Waals surface area contributed by atoms with Gasteiger partial charge in [0.25, 0.3) is 13.7 Å². The Kier molecular flexibility index (Phi) is 10.5. The smallest absolute Gasteiger partial charge is 0.756 e. The van der Waals surface area contributed by atoms with Crippen molar-refractivity contribution in [1.82, 2.24) is 4.90 Å². The normalized spacial score (nSPS) is 33.4. The maximum absolute atomic E-state index is 11.8. The molecule has 0 saturated carbocycles. The zero-order valence-corrected chi connectivity index (χ0v) is 21.5. The Bertz CT molecular complexity index is 1030. The number of ether oxygens (including phenoxy) is 1. The molecule has 0 aromatic heterocycles. The van der Waals surface area contributed by atoms with Crippen LogP contribution < -0.4 is 40.2 Å². The van der Waals surface area contributed by atoms with Gasteiger partial charge in [-0.3, -0.25) is 23.8 Å². The minimum absolute atomic E-state index is 0. The van der Waals surface area contributed by atoms with Gasteiger partial charge >= 0.3 is 45.2 Å². The predicted octanol–water partition coefficient (Wildman–Crippen LogP) is -7.71. The monoisotopic (exact) mass is 563 g/mol. The minimum atomic E-state index is -5.82. The molecule has 3 aliphatic heterocycles. The molecule has 24 heteroatoms.